The largest absolute Gasteiger partial charge is 0.479 e. The highest BCUT2D eigenvalue weighted by atomic mass is 16.5. The minimum Gasteiger partial charge on any atom is -0.479 e. The van der Waals surface area contributed by atoms with Crippen LogP contribution in [0.4, 0.5) is 0 Å². The summed E-state index contributed by atoms with van der Waals surface area (Å²) in [5.74, 6) is -0.316. The van der Waals surface area contributed by atoms with Gasteiger partial charge in [-0.25, -0.2) is 4.79 Å². The van der Waals surface area contributed by atoms with Crippen molar-refractivity contribution in [1.29, 1.82) is 0 Å². The van der Waals surface area contributed by atoms with E-state index in [1.165, 1.54) is 6.92 Å². The van der Waals surface area contributed by atoms with Gasteiger partial charge >= 0.3 is 5.97 Å². The molecule has 0 amide bonds. The number of aromatic nitrogens is 2. The zero-order chi connectivity index (χ0) is 13.8. The van der Waals surface area contributed by atoms with Crippen LogP contribution in [0.1, 0.15) is 18.4 Å². The predicted molar refractivity (Wildman–Crippen MR) is 66.4 cm³/mol. The lowest BCUT2D eigenvalue weighted by molar-refractivity contribution is -0.150. The number of aliphatic carboxylic acids is 1. The summed E-state index contributed by atoms with van der Waals surface area (Å²) in [5, 5.41) is 12.5. The van der Waals surface area contributed by atoms with Crippen LogP contribution in [0.2, 0.25) is 0 Å². The Labute approximate surface area is 110 Å². The Bertz CT molecular complexity index is 562. The number of benzene rings is 1. The van der Waals surface area contributed by atoms with Gasteiger partial charge in [-0.05, 0) is 13.8 Å². The molecule has 0 unspecified atom stereocenters. The second-order valence-corrected chi connectivity index (χ2v) is 4.17. The summed E-state index contributed by atoms with van der Waals surface area (Å²) in [7, 11) is 0. The highest BCUT2D eigenvalue weighted by molar-refractivity contribution is 5.71. The topological polar surface area (TPSA) is 85.5 Å². The average molecular weight is 262 g/mol. The van der Waals surface area contributed by atoms with Crippen LogP contribution in [0, 0.1) is 6.92 Å². The molecule has 0 aliphatic heterocycles. The van der Waals surface area contributed by atoms with Gasteiger partial charge in [0.1, 0.15) is 6.61 Å². The van der Waals surface area contributed by atoms with E-state index < -0.39 is 12.1 Å². The molecule has 1 aromatic carbocycles. The lowest BCUT2D eigenvalue weighted by atomic mass is 10.1. The molecule has 0 radical (unpaired) electrons. The summed E-state index contributed by atoms with van der Waals surface area (Å²) in [6, 6.07) is 7.69. The highest BCUT2D eigenvalue weighted by Crippen LogP contribution is 2.16. The first-order valence-corrected chi connectivity index (χ1v) is 5.80. The summed E-state index contributed by atoms with van der Waals surface area (Å²) < 4.78 is 10.1. The van der Waals surface area contributed by atoms with Gasteiger partial charge in [-0.15, -0.1) is 0 Å². The monoisotopic (exact) mass is 262 g/mol. The van der Waals surface area contributed by atoms with Crippen LogP contribution in [-0.4, -0.2) is 27.3 Å². The number of ether oxygens (including phenoxy) is 1. The van der Waals surface area contributed by atoms with Crippen LogP contribution in [0.15, 0.2) is 28.8 Å². The normalized spacial score (nSPS) is 12.3. The first-order valence-electron chi connectivity index (χ1n) is 5.80. The summed E-state index contributed by atoms with van der Waals surface area (Å²) in [6.07, 6.45) is -0.908. The minimum atomic E-state index is -1.03. The van der Waals surface area contributed by atoms with Gasteiger partial charge in [-0.3, -0.25) is 0 Å². The fraction of sp³-hybridized carbons (Fsp3) is 0.308. The maximum atomic E-state index is 10.6. The van der Waals surface area contributed by atoms with Gasteiger partial charge in [0.05, 0.1) is 0 Å². The zero-order valence-corrected chi connectivity index (χ0v) is 10.7. The van der Waals surface area contributed by atoms with Crippen molar-refractivity contribution in [2.75, 3.05) is 0 Å². The fourth-order valence-corrected chi connectivity index (χ4v) is 1.40. The molecule has 6 nitrogen and oxygen atoms in total. The van der Waals surface area contributed by atoms with Gasteiger partial charge in [0.25, 0.3) is 5.89 Å². The molecular formula is C13H14N2O4. The lowest BCUT2D eigenvalue weighted by Gasteiger charge is -2.04. The van der Waals surface area contributed by atoms with Crippen molar-refractivity contribution in [2.24, 2.45) is 0 Å². The first kappa shape index (κ1) is 13.2. The number of hydrogen-bond donors (Lipinski definition) is 1. The van der Waals surface area contributed by atoms with E-state index in [9.17, 15) is 4.79 Å². The summed E-state index contributed by atoms with van der Waals surface area (Å²) in [6.45, 7) is 3.42. The Morgan fingerprint density at radius 3 is 2.74 bits per heavy atom. The van der Waals surface area contributed by atoms with Crippen molar-refractivity contribution in [2.45, 2.75) is 26.6 Å². The van der Waals surface area contributed by atoms with Crippen LogP contribution >= 0.6 is 0 Å². The van der Waals surface area contributed by atoms with Crippen LogP contribution in [0.3, 0.4) is 0 Å². The molecular weight excluding hydrogens is 248 g/mol. The van der Waals surface area contributed by atoms with E-state index in [2.05, 4.69) is 10.1 Å². The van der Waals surface area contributed by atoms with Gasteiger partial charge in [0, 0.05) is 5.56 Å². The number of rotatable bonds is 5. The minimum absolute atomic E-state index is 0.0215. The third-order valence-electron chi connectivity index (χ3n) is 2.58. The third-order valence-corrected chi connectivity index (χ3v) is 2.58. The maximum Gasteiger partial charge on any atom is 0.332 e. The van der Waals surface area contributed by atoms with Crippen molar-refractivity contribution in [3.05, 3.63) is 35.7 Å². The van der Waals surface area contributed by atoms with Crippen molar-refractivity contribution >= 4 is 5.97 Å². The second kappa shape index (κ2) is 5.62. The van der Waals surface area contributed by atoms with E-state index in [1.807, 2.05) is 31.2 Å². The van der Waals surface area contributed by atoms with E-state index in [1.54, 1.807) is 0 Å². The molecule has 1 aromatic heterocycles. The standard InChI is InChI=1S/C13H14N2O4/c1-8-3-5-10(6-4-8)12-14-11(19-15-12)7-18-9(2)13(16)17/h3-6,9H,7H2,1-2H3,(H,16,17)/t9-/m1/s1. The van der Waals surface area contributed by atoms with Gasteiger partial charge in [0.15, 0.2) is 6.10 Å². The van der Waals surface area contributed by atoms with Crippen molar-refractivity contribution in [1.82, 2.24) is 10.1 Å². The van der Waals surface area contributed by atoms with E-state index in [-0.39, 0.29) is 12.5 Å². The van der Waals surface area contributed by atoms with Gasteiger partial charge in [-0.2, -0.15) is 4.98 Å². The Hall–Kier alpha value is -2.21. The predicted octanol–water partition coefficient (Wildman–Crippen LogP) is 2.03. The molecule has 19 heavy (non-hydrogen) atoms. The molecule has 0 spiro atoms. The van der Waals surface area contributed by atoms with Crippen molar-refractivity contribution < 1.29 is 19.2 Å². The van der Waals surface area contributed by atoms with Crippen LogP contribution in [0.25, 0.3) is 11.4 Å². The first-order chi connectivity index (χ1) is 9.06. The molecule has 0 aliphatic carbocycles. The number of nitrogens with zero attached hydrogens (tertiary/aromatic N) is 2. The Morgan fingerprint density at radius 1 is 1.42 bits per heavy atom. The lowest BCUT2D eigenvalue weighted by Crippen LogP contribution is -2.19. The number of carboxylic acids is 1. The molecule has 1 heterocycles. The quantitative estimate of drug-likeness (QED) is 0.887. The Morgan fingerprint density at radius 2 is 2.11 bits per heavy atom. The second-order valence-electron chi connectivity index (χ2n) is 4.17. The summed E-state index contributed by atoms with van der Waals surface area (Å²) >= 11 is 0. The summed E-state index contributed by atoms with van der Waals surface area (Å²) in [5.41, 5.74) is 1.98. The zero-order valence-electron chi connectivity index (χ0n) is 10.7. The van der Waals surface area contributed by atoms with Crippen molar-refractivity contribution in [3.63, 3.8) is 0 Å². The SMILES string of the molecule is Cc1ccc(-c2noc(CO[C@H](C)C(=O)O)n2)cc1. The van der Waals surface area contributed by atoms with Gasteiger partial charge in [0.2, 0.25) is 5.82 Å². The number of carboxylic acid groups (broad SMARTS) is 1. The molecule has 0 saturated carbocycles. The molecule has 1 atom stereocenters. The molecule has 1 N–H and O–H groups in total. The number of aryl methyl sites for hydroxylation is 1. The van der Waals surface area contributed by atoms with E-state index in [0.717, 1.165) is 11.1 Å². The van der Waals surface area contributed by atoms with Gasteiger partial charge in [-0.1, -0.05) is 35.0 Å². The van der Waals surface area contributed by atoms with E-state index in [4.69, 9.17) is 14.4 Å². The summed E-state index contributed by atoms with van der Waals surface area (Å²) in [4.78, 5) is 14.7. The van der Waals surface area contributed by atoms with E-state index in [0.29, 0.717) is 5.82 Å². The molecule has 0 fully saturated rings. The fourth-order valence-electron chi connectivity index (χ4n) is 1.40. The third kappa shape index (κ3) is 3.38. The molecule has 2 rings (SSSR count). The number of hydrogen-bond acceptors (Lipinski definition) is 5. The Kier molecular flexibility index (Phi) is 3.91. The molecule has 0 bridgehead atoms. The Balaban J connectivity index is 2.03. The smallest absolute Gasteiger partial charge is 0.332 e. The highest BCUT2D eigenvalue weighted by Gasteiger charge is 2.14. The molecule has 6 heteroatoms. The molecule has 100 valence electrons. The maximum absolute atomic E-state index is 10.6. The molecule has 2 aromatic rings. The van der Waals surface area contributed by atoms with Crippen LogP contribution in [0.5, 0.6) is 0 Å². The van der Waals surface area contributed by atoms with Crippen LogP contribution in [-0.2, 0) is 16.1 Å². The molecule has 0 saturated heterocycles. The van der Waals surface area contributed by atoms with Crippen LogP contribution < -0.4 is 0 Å². The van der Waals surface area contributed by atoms with Gasteiger partial charge < -0.3 is 14.4 Å². The van der Waals surface area contributed by atoms with E-state index >= 15 is 0 Å². The number of carbonyl (C=O) groups is 1. The average Bonchev–Trinajstić information content (AvgIpc) is 2.85. The molecule has 0 aliphatic rings. The van der Waals surface area contributed by atoms with Crippen molar-refractivity contribution in [3.8, 4) is 11.4 Å².